The molecule has 0 amide bonds. The lowest BCUT2D eigenvalue weighted by atomic mass is 9.98. The molecule has 4 nitrogen and oxygen atoms in total. The quantitative estimate of drug-likeness (QED) is 0.299. The van der Waals surface area contributed by atoms with Crippen LogP contribution in [-0.4, -0.2) is 14.8 Å². The topological polar surface area (TPSA) is 42.7 Å². The maximum absolute atomic E-state index is 13.2. The van der Waals surface area contributed by atoms with Crippen molar-refractivity contribution in [2.45, 2.75) is 20.8 Å². The molecule has 4 aromatic rings. The molecule has 1 heterocycles. The van der Waals surface area contributed by atoms with Crippen LogP contribution in [0.25, 0.3) is 28.9 Å². The highest BCUT2D eigenvalue weighted by molar-refractivity contribution is 5.79. The molecule has 3 aromatic carbocycles. The molecule has 170 valence electrons. The minimum atomic E-state index is -0.263. The maximum atomic E-state index is 13.2. The van der Waals surface area contributed by atoms with Gasteiger partial charge in [-0.1, -0.05) is 49.1 Å². The standard InChI is InChI=1S/C29H27FN4/c1-20(9-7-17-34-19-31-33-29(34)27-10-6-5-8-21(27)2)24-12-11-22(3)28(18-24)23(4)32-26-15-13-25(30)14-16-26/h5-19,32H,4H2,1-3H3/b17-7-,20-9+. The summed E-state index contributed by atoms with van der Waals surface area (Å²) in [4.78, 5) is 0. The number of allylic oxidation sites excluding steroid dienone is 3. The molecule has 0 aliphatic heterocycles. The second-order valence-electron chi connectivity index (χ2n) is 8.21. The summed E-state index contributed by atoms with van der Waals surface area (Å²) in [5.41, 5.74) is 8.09. The van der Waals surface area contributed by atoms with E-state index in [-0.39, 0.29) is 5.82 Å². The molecule has 0 saturated heterocycles. The van der Waals surface area contributed by atoms with Gasteiger partial charge in [0, 0.05) is 28.7 Å². The van der Waals surface area contributed by atoms with Gasteiger partial charge in [-0.3, -0.25) is 4.57 Å². The summed E-state index contributed by atoms with van der Waals surface area (Å²) in [5, 5.41) is 11.6. The highest BCUT2D eigenvalue weighted by Crippen LogP contribution is 2.25. The fourth-order valence-electron chi connectivity index (χ4n) is 3.71. The zero-order valence-corrected chi connectivity index (χ0v) is 19.6. The Morgan fingerprint density at radius 1 is 1.00 bits per heavy atom. The molecule has 0 atom stereocenters. The summed E-state index contributed by atoms with van der Waals surface area (Å²) in [7, 11) is 0. The molecule has 5 heteroatoms. The zero-order valence-electron chi connectivity index (χ0n) is 19.6. The minimum absolute atomic E-state index is 0.263. The zero-order chi connectivity index (χ0) is 24.1. The third kappa shape index (κ3) is 5.21. The minimum Gasteiger partial charge on any atom is -0.356 e. The van der Waals surface area contributed by atoms with E-state index in [0.29, 0.717) is 0 Å². The summed E-state index contributed by atoms with van der Waals surface area (Å²) in [6, 6.07) is 20.7. The SMILES string of the molecule is C=C(Nc1ccc(F)cc1)c1cc(/C(C)=C/C=C\n2cnnc2-c2ccccc2C)ccc1C. The Hall–Kier alpha value is -4.25. The summed E-state index contributed by atoms with van der Waals surface area (Å²) < 4.78 is 15.1. The molecular weight excluding hydrogens is 423 g/mol. The number of anilines is 1. The van der Waals surface area contributed by atoms with E-state index < -0.39 is 0 Å². The first-order valence-corrected chi connectivity index (χ1v) is 11.1. The van der Waals surface area contributed by atoms with Crippen molar-refractivity contribution in [1.29, 1.82) is 0 Å². The average molecular weight is 451 g/mol. The summed E-state index contributed by atoms with van der Waals surface area (Å²) in [6.07, 6.45) is 7.71. The van der Waals surface area contributed by atoms with Crippen molar-refractivity contribution < 1.29 is 4.39 Å². The first kappa shape index (κ1) is 22.9. The number of aryl methyl sites for hydroxylation is 2. The number of benzene rings is 3. The Labute approximate surface area is 199 Å². The van der Waals surface area contributed by atoms with Crippen LogP contribution in [0.4, 0.5) is 10.1 Å². The van der Waals surface area contributed by atoms with E-state index in [1.807, 2.05) is 35.0 Å². The number of hydrogen-bond acceptors (Lipinski definition) is 3. The Morgan fingerprint density at radius 3 is 2.53 bits per heavy atom. The first-order chi connectivity index (χ1) is 16.4. The summed E-state index contributed by atoms with van der Waals surface area (Å²) in [6.45, 7) is 10.4. The first-order valence-electron chi connectivity index (χ1n) is 11.1. The van der Waals surface area contributed by atoms with Gasteiger partial charge in [0.15, 0.2) is 5.82 Å². The average Bonchev–Trinajstić information content (AvgIpc) is 3.29. The Kier molecular flexibility index (Phi) is 6.83. The van der Waals surface area contributed by atoms with Crippen LogP contribution in [0.3, 0.4) is 0 Å². The van der Waals surface area contributed by atoms with Crippen molar-refractivity contribution in [3.05, 3.63) is 120 Å². The number of nitrogens with zero attached hydrogens (tertiary/aromatic N) is 3. The number of hydrogen-bond donors (Lipinski definition) is 1. The van der Waals surface area contributed by atoms with Gasteiger partial charge < -0.3 is 5.32 Å². The summed E-state index contributed by atoms with van der Waals surface area (Å²) >= 11 is 0. The molecule has 1 N–H and O–H groups in total. The molecule has 0 spiro atoms. The number of halogens is 1. The molecule has 34 heavy (non-hydrogen) atoms. The van der Waals surface area contributed by atoms with Gasteiger partial charge in [-0.15, -0.1) is 10.2 Å². The molecule has 0 radical (unpaired) electrons. The van der Waals surface area contributed by atoms with Crippen LogP contribution in [0.1, 0.15) is 29.2 Å². The van der Waals surface area contributed by atoms with Gasteiger partial charge in [0.25, 0.3) is 0 Å². The van der Waals surface area contributed by atoms with E-state index in [1.165, 1.54) is 12.1 Å². The molecule has 4 rings (SSSR count). The van der Waals surface area contributed by atoms with Gasteiger partial charge in [-0.05, 0) is 79.4 Å². The van der Waals surface area contributed by atoms with Gasteiger partial charge in [-0.25, -0.2) is 4.39 Å². The second-order valence-corrected chi connectivity index (χ2v) is 8.21. The van der Waals surface area contributed by atoms with Crippen LogP contribution in [0, 0.1) is 19.7 Å². The molecule has 0 fully saturated rings. The molecular formula is C29H27FN4. The van der Waals surface area contributed by atoms with Crippen molar-refractivity contribution in [1.82, 2.24) is 14.8 Å². The molecule has 0 aliphatic carbocycles. The van der Waals surface area contributed by atoms with Crippen LogP contribution < -0.4 is 5.32 Å². The fourth-order valence-corrected chi connectivity index (χ4v) is 3.71. The van der Waals surface area contributed by atoms with E-state index in [4.69, 9.17) is 0 Å². The third-order valence-electron chi connectivity index (χ3n) is 5.71. The van der Waals surface area contributed by atoms with Gasteiger partial charge >= 0.3 is 0 Å². The molecule has 0 aliphatic rings. The van der Waals surface area contributed by atoms with E-state index in [2.05, 4.69) is 73.2 Å². The highest BCUT2D eigenvalue weighted by atomic mass is 19.1. The van der Waals surface area contributed by atoms with Crippen molar-refractivity contribution in [3.63, 3.8) is 0 Å². The molecule has 1 aromatic heterocycles. The Balaban J connectivity index is 1.53. The molecule has 0 saturated carbocycles. The predicted octanol–water partition coefficient (Wildman–Crippen LogP) is 7.36. The number of rotatable bonds is 7. The predicted molar refractivity (Wildman–Crippen MR) is 139 cm³/mol. The van der Waals surface area contributed by atoms with Gasteiger partial charge in [0.1, 0.15) is 12.1 Å². The van der Waals surface area contributed by atoms with Crippen LogP contribution >= 0.6 is 0 Å². The maximum Gasteiger partial charge on any atom is 0.168 e. The molecule has 0 unspecified atom stereocenters. The largest absolute Gasteiger partial charge is 0.356 e. The third-order valence-corrected chi connectivity index (χ3v) is 5.71. The lowest BCUT2D eigenvalue weighted by Gasteiger charge is -2.14. The Bertz CT molecular complexity index is 1380. The van der Waals surface area contributed by atoms with Gasteiger partial charge in [-0.2, -0.15) is 0 Å². The van der Waals surface area contributed by atoms with Gasteiger partial charge in [0.2, 0.25) is 0 Å². The van der Waals surface area contributed by atoms with E-state index in [9.17, 15) is 4.39 Å². The van der Waals surface area contributed by atoms with Crippen LogP contribution in [0.15, 0.2) is 91.8 Å². The number of aromatic nitrogens is 3. The lowest BCUT2D eigenvalue weighted by molar-refractivity contribution is 0.628. The van der Waals surface area contributed by atoms with Crippen LogP contribution in [0.2, 0.25) is 0 Å². The molecule has 0 bridgehead atoms. The van der Waals surface area contributed by atoms with Crippen molar-refractivity contribution in [2.75, 3.05) is 5.32 Å². The second kappa shape index (κ2) is 10.1. The van der Waals surface area contributed by atoms with Crippen LogP contribution in [-0.2, 0) is 0 Å². The summed E-state index contributed by atoms with van der Waals surface area (Å²) in [5.74, 6) is 0.543. The normalized spacial score (nSPS) is 11.7. The lowest BCUT2D eigenvalue weighted by Crippen LogP contribution is -2.00. The smallest absolute Gasteiger partial charge is 0.168 e. The van der Waals surface area contributed by atoms with Crippen molar-refractivity contribution >= 4 is 23.2 Å². The highest BCUT2D eigenvalue weighted by Gasteiger charge is 2.08. The van der Waals surface area contributed by atoms with Crippen molar-refractivity contribution in [2.24, 2.45) is 0 Å². The van der Waals surface area contributed by atoms with Gasteiger partial charge in [0.05, 0.1) is 0 Å². The Morgan fingerprint density at radius 2 is 1.76 bits per heavy atom. The fraction of sp³-hybridized carbons (Fsp3) is 0.103. The van der Waals surface area contributed by atoms with Crippen molar-refractivity contribution in [3.8, 4) is 11.4 Å². The van der Waals surface area contributed by atoms with Crippen LogP contribution in [0.5, 0.6) is 0 Å². The number of nitrogens with one attached hydrogen (secondary N) is 1. The van der Waals surface area contributed by atoms with E-state index in [0.717, 1.165) is 50.6 Å². The van der Waals surface area contributed by atoms with E-state index in [1.54, 1.807) is 18.5 Å². The monoisotopic (exact) mass is 450 g/mol. The van der Waals surface area contributed by atoms with E-state index >= 15 is 0 Å².